The largest absolute Gasteiger partial charge is 1.00 e. The van der Waals surface area contributed by atoms with Gasteiger partial charge in [0, 0.05) is 39.6 Å². The lowest BCUT2D eigenvalue weighted by molar-refractivity contribution is 0.0376. The number of rotatable bonds is 1. The zero-order valence-corrected chi connectivity index (χ0v) is 9.99. The molecule has 0 aliphatic carbocycles. The van der Waals surface area contributed by atoms with Crippen LogP contribution in [0.3, 0.4) is 0 Å². The van der Waals surface area contributed by atoms with E-state index in [9.17, 15) is 17.3 Å². The predicted molar refractivity (Wildman–Crippen MR) is 60.6 cm³/mol. The number of halogens is 4. The van der Waals surface area contributed by atoms with E-state index in [-0.39, 0.29) is 1.43 Å². The van der Waals surface area contributed by atoms with Gasteiger partial charge in [-0.25, -0.2) is 0 Å². The number of hydrogen-bond donors (Lipinski definition) is 0. The average Bonchev–Trinajstić information content (AvgIpc) is 2.73. The number of nitrogens with zero attached hydrogens (tertiary/aromatic N) is 3. The third-order valence-electron chi connectivity index (χ3n) is 2.73. The molecule has 0 atom stereocenters. The van der Waals surface area contributed by atoms with Crippen molar-refractivity contribution in [2.24, 2.45) is 0 Å². The van der Waals surface area contributed by atoms with Gasteiger partial charge in [-0.1, -0.05) is 0 Å². The summed E-state index contributed by atoms with van der Waals surface area (Å²) in [6.07, 6.45) is 7.48. The molecule has 1 saturated heterocycles. The summed E-state index contributed by atoms with van der Waals surface area (Å²) < 4.78 is 39.0. The Balaban J connectivity index is 0.000000421. The van der Waals surface area contributed by atoms with Crippen molar-refractivity contribution in [2.45, 2.75) is 19.1 Å². The third kappa shape index (κ3) is 4.85. The second-order valence-corrected chi connectivity index (χ2v) is 4.21. The quantitative estimate of drug-likeness (QED) is 0.525. The van der Waals surface area contributed by atoms with Crippen LogP contribution in [0.25, 0.3) is 0 Å². The van der Waals surface area contributed by atoms with Crippen molar-refractivity contribution in [3.63, 3.8) is 0 Å². The van der Waals surface area contributed by atoms with Crippen LogP contribution in [0.1, 0.15) is 14.3 Å². The number of hydrogen-bond acceptors (Lipinski definition) is 3. The first-order valence-corrected chi connectivity index (χ1v) is 5.52. The highest BCUT2D eigenvalue weighted by atomic mass is 19.5. The van der Waals surface area contributed by atoms with Gasteiger partial charge in [0.15, 0.2) is 6.29 Å². The fraction of sp³-hybridized carbons (Fsp3) is 0.778. The fourth-order valence-corrected chi connectivity index (χ4v) is 2.14. The van der Waals surface area contributed by atoms with Crippen LogP contribution in [0, 0.1) is 0 Å². The predicted octanol–water partition coefficient (Wildman–Crippen LogP) is 2.13. The van der Waals surface area contributed by atoms with Crippen molar-refractivity contribution in [1.29, 1.82) is 0 Å². The van der Waals surface area contributed by atoms with Gasteiger partial charge in [0.25, 0.3) is 0 Å². The maximum atomic E-state index is 9.75. The Morgan fingerprint density at radius 2 is 1.35 bits per heavy atom. The van der Waals surface area contributed by atoms with Crippen molar-refractivity contribution < 1.29 is 18.7 Å². The summed E-state index contributed by atoms with van der Waals surface area (Å²) in [5, 5.41) is 0. The molecule has 0 unspecified atom stereocenters. The lowest BCUT2D eigenvalue weighted by atomic mass is 10.3. The zero-order chi connectivity index (χ0) is 13.1. The molecule has 0 N–H and O–H groups in total. The molecule has 8 heteroatoms. The van der Waals surface area contributed by atoms with E-state index < -0.39 is 7.25 Å². The molecular formula is C9H18BF4N3. The topological polar surface area (TPSA) is 9.72 Å². The molecule has 3 nitrogen and oxygen atoms in total. The highest BCUT2D eigenvalue weighted by Crippen LogP contribution is 2.20. The van der Waals surface area contributed by atoms with Crippen LogP contribution >= 0.6 is 0 Å². The third-order valence-corrected chi connectivity index (χ3v) is 2.73. The molecular weight excluding hydrogens is 237 g/mol. The van der Waals surface area contributed by atoms with E-state index in [1.54, 1.807) is 0 Å². The summed E-state index contributed by atoms with van der Waals surface area (Å²) in [7, 11) is -1.72. The van der Waals surface area contributed by atoms with Gasteiger partial charge in [0.2, 0.25) is 0 Å². The van der Waals surface area contributed by atoms with Gasteiger partial charge in [-0.3, -0.25) is 4.90 Å². The van der Waals surface area contributed by atoms with Crippen LogP contribution < -0.4 is 0 Å². The Morgan fingerprint density at radius 3 is 1.71 bits per heavy atom. The van der Waals surface area contributed by atoms with Gasteiger partial charge >= 0.3 is 8.68 Å². The highest BCUT2D eigenvalue weighted by Gasteiger charge is 2.28. The summed E-state index contributed by atoms with van der Waals surface area (Å²) in [6.45, 7) is 2.50. The van der Waals surface area contributed by atoms with Gasteiger partial charge in [-0.2, -0.15) is 0 Å². The maximum absolute atomic E-state index is 9.75. The van der Waals surface area contributed by atoms with Crippen LogP contribution in [0.15, 0.2) is 12.4 Å². The van der Waals surface area contributed by atoms with E-state index in [2.05, 4.69) is 41.2 Å². The molecule has 2 aliphatic rings. The molecule has 0 amide bonds. The molecule has 0 aromatic heterocycles. The number of likely N-dealkylation sites (tertiary alicyclic amines) is 1. The zero-order valence-electron chi connectivity index (χ0n) is 11.0. The Labute approximate surface area is 100 Å². The molecule has 1 fully saturated rings. The molecule has 0 bridgehead atoms. The minimum atomic E-state index is -6.00. The second kappa shape index (κ2) is 5.62. The van der Waals surface area contributed by atoms with Crippen molar-refractivity contribution >= 4 is 7.25 Å². The first-order chi connectivity index (χ1) is 7.79. The molecule has 0 aromatic rings. The molecule has 0 spiro atoms. The average molecular weight is 255 g/mol. The van der Waals surface area contributed by atoms with Crippen molar-refractivity contribution in [3.05, 3.63) is 12.4 Å². The first-order valence-electron chi connectivity index (χ1n) is 5.52. The monoisotopic (exact) mass is 255 g/mol. The first kappa shape index (κ1) is 14.1. The van der Waals surface area contributed by atoms with E-state index >= 15 is 0 Å². The normalized spacial score (nSPS) is 22.0. The van der Waals surface area contributed by atoms with Crippen LogP contribution in [-0.2, 0) is 0 Å². The van der Waals surface area contributed by atoms with E-state index in [1.807, 2.05) is 0 Å². The van der Waals surface area contributed by atoms with Crippen LogP contribution in [0.2, 0.25) is 0 Å². The Morgan fingerprint density at radius 1 is 1.00 bits per heavy atom. The summed E-state index contributed by atoms with van der Waals surface area (Å²) in [5.74, 6) is 0. The summed E-state index contributed by atoms with van der Waals surface area (Å²) in [4.78, 5) is 7.07. The van der Waals surface area contributed by atoms with Crippen LogP contribution in [0.4, 0.5) is 17.3 Å². The summed E-state index contributed by atoms with van der Waals surface area (Å²) >= 11 is 0. The van der Waals surface area contributed by atoms with E-state index in [0.717, 1.165) is 0 Å². The lowest BCUT2D eigenvalue weighted by Gasteiger charge is -2.35. The second-order valence-electron chi connectivity index (χ2n) is 4.21. The Hall–Kier alpha value is -0.915. The highest BCUT2D eigenvalue weighted by molar-refractivity contribution is 6.50. The van der Waals surface area contributed by atoms with Gasteiger partial charge < -0.3 is 27.1 Å². The lowest BCUT2D eigenvalue weighted by Crippen LogP contribution is -2.48. The van der Waals surface area contributed by atoms with E-state index in [1.165, 1.54) is 25.9 Å². The maximum Gasteiger partial charge on any atom is 1.00 e. The Kier molecular flexibility index (Phi) is 4.67. The molecule has 17 heavy (non-hydrogen) atoms. The minimum Gasteiger partial charge on any atom is -0.418 e. The van der Waals surface area contributed by atoms with Gasteiger partial charge in [-0.05, 0) is 12.8 Å². The molecule has 0 aromatic carbocycles. The van der Waals surface area contributed by atoms with Crippen molar-refractivity contribution in [1.82, 2.24) is 14.7 Å². The molecule has 2 aliphatic heterocycles. The van der Waals surface area contributed by atoms with Gasteiger partial charge in [0.1, 0.15) is 0 Å². The standard InChI is InChI=1S/C9H17N3.BF4/c1-10-7-8-11(2)9(10)12-5-3-4-6-12;2-1(3,4)5/h7-9H,3-6H2,1-2H3;/q;-1/p+1. The van der Waals surface area contributed by atoms with Crippen LogP contribution in [0.5, 0.6) is 0 Å². The van der Waals surface area contributed by atoms with E-state index in [0.29, 0.717) is 6.29 Å². The molecule has 2 heterocycles. The van der Waals surface area contributed by atoms with Gasteiger partial charge in [0.05, 0.1) is 0 Å². The SMILES string of the molecule is CN1C=CN(C)C1N1CCCC1.F[B-](F)(F)F.[H+]. The molecule has 100 valence electrons. The fourth-order valence-electron chi connectivity index (χ4n) is 2.14. The summed E-state index contributed by atoms with van der Waals surface area (Å²) in [6, 6.07) is 0. The van der Waals surface area contributed by atoms with E-state index in [4.69, 9.17) is 0 Å². The minimum absolute atomic E-state index is 0. The summed E-state index contributed by atoms with van der Waals surface area (Å²) in [5.41, 5.74) is 0. The van der Waals surface area contributed by atoms with Crippen molar-refractivity contribution in [3.8, 4) is 0 Å². The van der Waals surface area contributed by atoms with Crippen LogP contribution in [-0.4, -0.2) is 55.4 Å². The molecule has 0 saturated carbocycles. The molecule has 0 radical (unpaired) electrons. The Bertz CT molecular complexity index is 253. The van der Waals surface area contributed by atoms with Crippen molar-refractivity contribution in [2.75, 3.05) is 27.2 Å². The smallest absolute Gasteiger partial charge is 0.418 e. The molecule has 2 rings (SSSR count). The van der Waals surface area contributed by atoms with Gasteiger partial charge in [-0.15, -0.1) is 0 Å².